The molecule has 0 atom stereocenters. The summed E-state index contributed by atoms with van der Waals surface area (Å²) in [7, 11) is 3.82. The maximum absolute atomic E-state index is 11.7. The van der Waals surface area contributed by atoms with Crippen molar-refractivity contribution in [1.29, 1.82) is 0 Å². The Morgan fingerprint density at radius 1 is 1.44 bits per heavy atom. The average molecular weight is 244 g/mol. The minimum atomic E-state index is -0.0204. The molecular weight excluding hydrogens is 228 g/mol. The molecule has 0 saturated carbocycles. The zero-order chi connectivity index (χ0) is 13.3. The highest BCUT2D eigenvalue weighted by atomic mass is 16.3. The molecule has 2 aromatic rings. The van der Waals surface area contributed by atoms with E-state index in [1.807, 2.05) is 19.0 Å². The zero-order valence-corrected chi connectivity index (χ0v) is 10.8. The standard InChI is InChI=1S/C14H16N2O2/c1-9(17)12-7-10(8-16(2)3)14(18)13-11(12)5-4-6-15-13/h4-7,18H,8H2,1-3H3. The molecule has 1 aromatic carbocycles. The number of ketones is 1. The van der Waals surface area contributed by atoms with E-state index in [2.05, 4.69) is 4.98 Å². The maximum atomic E-state index is 11.7. The number of hydrogen-bond acceptors (Lipinski definition) is 4. The van der Waals surface area contributed by atoms with E-state index < -0.39 is 0 Å². The Kier molecular flexibility index (Phi) is 3.30. The number of aromatic hydroxyl groups is 1. The van der Waals surface area contributed by atoms with Crippen molar-refractivity contribution in [3.05, 3.63) is 35.5 Å². The predicted octanol–water partition coefficient (Wildman–Crippen LogP) is 2.20. The molecule has 0 fully saturated rings. The van der Waals surface area contributed by atoms with E-state index in [-0.39, 0.29) is 11.5 Å². The number of carbonyl (C=O) groups is 1. The van der Waals surface area contributed by atoms with Gasteiger partial charge in [0.1, 0.15) is 11.3 Å². The average Bonchev–Trinajstić information content (AvgIpc) is 2.32. The lowest BCUT2D eigenvalue weighted by Crippen LogP contribution is -2.11. The third kappa shape index (κ3) is 2.19. The van der Waals surface area contributed by atoms with Gasteiger partial charge in [-0.25, -0.2) is 0 Å². The van der Waals surface area contributed by atoms with E-state index in [0.29, 0.717) is 23.0 Å². The molecule has 0 aliphatic carbocycles. The topological polar surface area (TPSA) is 53.4 Å². The van der Waals surface area contributed by atoms with Gasteiger partial charge in [0.2, 0.25) is 0 Å². The Balaban J connectivity index is 2.74. The number of benzene rings is 1. The Labute approximate surface area is 106 Å². The molecule has 1 aromatic heterocycles. The van der Waals surface area contributed by atoms with E-state index >= 15 is 0 Å². The number of fused-ring (bicyclic) bond motifs is 1. The number of pyridine rings is 1. The van der Waals surface area contributed by atoms with Gasteiger partial charge in [-0.15, -0.1) is 0 Å². The van der Waals surface area contributed by atoms with Gasteiger partial charge in [-0.2, -0.15) is 0 Å². The summed E-state index contributed by atoms with van der Waals surface area (Å²) in [5.74, 6) is 0.136. The lowest BCUT2D eigenvalue weighted by molar-refractivity contribution is 0.101. The fourth-order valence-corrected chi connectivity index (χ4v) is 2.04. The number of hydrogen-bond donors (Lipinski definition) is 1. The molecule has 0 aliphatic heterocycles. The summed E-state index contributed by atoms with van der Waals surface area (Å²) in [6.07, 6.45) is 1.62. The normalized spacial score (nSPS) is 11.1. The summed E-state index contributed by atoms with van der Waals surface area (Å²) in [5, 5.41) is 10.9. The summed E-state index contributed by atoms with van der Waals surface area (Å²) < 4.78 is 0. The Morgan fingerprint density at radius 3 is 2.78 bits per heavy atom. The Hall–Kier alpha value is -1.94. The van der Waals surface area contributed by atoms with Crippen molar-refractivity contribution in [2.75, 3.05) is 14.1 Å². The van der Waals surface area contributed by atoms with Crippen molar-refractivity contribution in [2.45, 2.75) is 13.5 Å². The number of rotatable bonds is 3. The largest absolute Gasteiger partial charge is 0.505 e. The van der Waals surface area contributed by atoms with Crippen molar-refractivity contribution >= 4 is 16.7 Å². The second-order valence-electron chi connectivity index (χ2n) is 4.63. The minimum Gasteiger partial charge on any atom is -0.505 e. The molecule has 94 valence electrons. The van der Waals surface area contributed by atoms with E-state index in [1.54, 1.807) is 24.4 Å². The first-order valence-electron chi connectivity index (χ1n) is 5.76. The van der Waals surface area contributed by atoms with Crippen LogP contribution < -0.4 is 0 Å². The SMILES string of the molecule is CC(=O)c1cc(CN(C)C)c(O)c2ncccc12. The van der Waals surface area contributed by atoms with Crippen LogP contribution in [0, 0.1) is 0 Å². The molecular formula is C14H16N2O2. The van der Waals surface area contributed by atoms with Gasteiger partial charge in [0.25, 0.3) is 0 Å². The Morgan fingerprint density at radius 2 is 2.17 bits per heavy atom. The van der Waals surface area contributed by atoms with Crippen molar-refractivity contribution in [1.82, 2.24) is 9.88 Å². The fourth-order valence-electron chi connectivity index (χ4n) is 2.04. The summed E-state index contributed by atoms with van der Waals surface area (Å²) in [6.45, 7) is 2.09. The molecule has 2 rings (SSSR count). The third-order valence-corrected chi connectivity index (χ3v) is 2.81. The molecule has 0 unspecified atom stereocenters. The van der Waals surface area contributed by atoms with Crippen molar-refractivity contribution < 1.29 is 9.90 Å². The highest BCUT2D eigenvalue weighted by Crippen LogP contribution is 2.30. The van der Waals surface area contributed by atoms with Crippen LogP contribution in [-0.2, 0) is 6.54 Å². The lowest BCUT2D eigenvalue weighted by Gasteiger charge is -2.14. The number of aromatic nitrogens is 1. The molecule has 0 aliphatic rings. The highest BCUT2D eigenvalue weighted by Gasteiger charge is 2.14. The monoisotopic (exact) mass is 244 g/mol. The first kappa shape index (κ1) is 12.5. The zero-order valence-electron chi connectivity index (χ0n) is 10.8. The molecule has 18 heavy (non-hydrogen) atoms. The summed E-state index contributed by atoms with van der Waals surface area (Å²) in [5.41, 5.74) is 1.81. The van der Waals surface area contributed by atoms with Gasteiger partial charge in [-0.3, -0.25) is 9.78 Å². The van der Waals surface area contributed by atoms with Crippen molar-refractivity contribution in [2.24, 2.45) is 0 Å². The minimum absolute atomic E-state index is 0.0204. The van der Waals surface area contributed by atoms with Gasteiger partial charge in [-0.1, -0.05) is 6.07 Å². The van der Waals surface area contributed by atoms with Gasteiger partial charge in [0.15, 0.2) is 5.78 Å². The van der Waals surface area contributed by atoms with Gasteiger partial charge in [0.05, 0.1) is 0 Å². The van der Waals surface area contributed by atoms with Gasteiger partial charge >= 0.3 is 0 Å². The first-order chi connectivity index (χ1) is 8.50. The number of phenols is 1. The van der Waals surface area contributed by atoms with Gasteiger partial charge < -0.3 is 10.0 Å². The molecule has 0 spiro atoms. The molecule has 0 amide bonds. The number of Topliss-reactive ketones (excluding diaryl/α,β-unsaturated/α-hetero) is 1. The van der Waals surface area contributed by atoms with Gasteiger partial charge in [-0.05, 0) is 33.2 Å². The van der Waals surface area contributed by atoms with E-state index in [1.165, 1.54) is 6.92 Å². The maximum Gasteiger partial charge on any atom is 0.160 e. The quantitative estimate of drug-likeness (QED) is 0.841. The van der Waals surface area contributed by atoms with Crippen LogP contribution in [0.4, 0.5) is 0 Å². The highest BCUT2D eigenvalue weighted by molar-refractivity contribution is 6.08. The lowest BCUT2D eigenvalue weighted by atomic mass is 10.0. The number of carbonyl (C=O) groups excluding carboxylic acids is 1. The predicted molar refractivity (Wildman–Crippen MR) is 70.8 cm³/mol. The molecule has 4 nitrogen and oxygen atoms in total. The first-order valence-corrected chi connectivity index (χ1v) is 5.76. The molecule has 4 heteroatoms. The molecule has 0 radical (unpaired) electrons. The molecule has 0 saturated heterocycles. The van der Waals surface area contributed by atoms with Crippen LogP contribution in [0.1, 0.15) is 22.8 Å². The van der Waals surface area contributed by atoms with Crippen LogP contribution in [0.2, 0.25) is 0 Å². The third-order valence-electron chi connectivity index (χ3n) is 2.81. The van der Waals surface area contributed by atoms with E-state index in [0.717, 1.165) is 5.56 Å². The second kappa shape index (κ2) is 4.74. The van der Waals surface area contributed by atoms with E-state index in [9.17, 15) is 9.90 Å². The van der Waals surface area contributed by atoms with Crippen LogP contribution in [0.25, 0.3) is 10.9 Å². The molecule has 0 bridgehead atoms. The molecule has 1 N–H and O–H groups in total. The Bertz CT molecular complexity index is 606. The number of nitrogens with zero attached hydrogens (tertiary/aromatic N) is 2. The van der Waals surface area contributed by atoms with Crippen LogP contribution in [0.15, 0.2) is 24.4 Å². The summed E-state index contributed by atoms with van der Waals surface area (Å²) in [6, 6.07) is 5.32. The molecule has 1 heterocycles. The van der Waals surface area contributed by atoms with Gasteiger partial charge in [0, 0.05) is 29.3 Å². The van der Waals surface area contributed by atoms with Crippen LogP contribution in [0.5, 0.6) is 5.75 Å². The number of phenolic OH excluding ortho intramolecular Hbond substituents is 1. The fraction of sp³-hybridized carbons (Fsp3) is 0.286. The summed E-state index contributed by atoms with van der Waals surface area (Å²) in [4.78, 5) is 17.8. The van der Waals surface area contributed by atoms with Crippen molar-refractivity contribution in [3.8, 4) is 5.75 Å². The van der Waals surface area contributed by atoms with Crippen LogP contribution >= 0.6 is 0 Å². The summed E-state index contributed by atoms with van der Waals surface area (Å²) >= 11 is 0. The second-order valence-corrected chi connectivity index (χ2v) is 4.63. The van der Waals surface area contributed by atoms with Crippen LogP contribution in [0.3, 0.4) is 0 Å². The van der Waals surface area contributed by atoms with Crippen LogP contribution in [-0.4, -0.2) is 34.9 Å². The van der Waals surface area contributed by atoms with E-state index in [4.69, 9.17) is 0 Å². The van der Waals surface area contributed by atoms with Crippen molar-refractivity contribution in [3.63, 3.8) is 0 Å². The smallest absolute Gasteiger partial charge is 0.160 e.